The van der Waals surface area contributed by atoms with Gasteiger partial charge in [-0.1, -0.05) is 24.3 Å². The number of sulfonamides is 1. The van der Waals surface area contributed by atoms with Crippen molar-refractivity contribution in [1.29, 1.82) is 0 Å². The van der Waals surface area contributed by atoms with Crippen LogP contribution in [-0.4, -0.2) is 38.4 Å². The fourth-order valence-corrected chi connectivity index (χ4v) is 3.93. The second kappa shape index (κ2) is 5.93. The average Bonchev–Trinajstić information content (AvgIpc) is 2.79. The van der Waals surface area contributed by atoms with Gasteiger partial charge in [0.05, 0.1) is 5.75 Å². The van der Waals surface area contributed by atoms with E-state index in [0.29, 0.717) is 19.5 Å². The lowest BCUT2D eigenvalue weighted by Crippen LogP contribution is -2.38. The average molecular weight is 296 g/mol. The molecule has 1 amide bonds. The van der Waals surface area contributed by atoms with Gasteiger partial charge in [0, 0.05) is 26.1 Å². The normalized spacial score (nSPS) is 19.3. The summed E-state index contributed by atoms with van der Waals surface area (Å²) in [4.78, 5) is 12.9. The molecule has 1 N–H and O–H groups in total. The van der Waals surface area contributed by atoms with E-state index in [9.17, 15) is 13.2 Å². The van der Waals surface area contributed by atoms with E-state index in [2.05, 4.69) is 4.72 Å². The molecule has 1 aromatic carbocycles. The van der Waals surface area contributed by atoms with Crippen LogP contribution >= 0.6 is 0 Å². The smallest absolute Gasteiger partial charge is 0.219 e. The van der Waals surface area contributed by atoms with Crippen LogP contribution in [0.4, 0.5) is 0 Å². The van der Waals surface area contributed by atoms with Crippen molar-refractivity contribution in [3.05, 3.63) is 35.4 Å². The van der Waals surface area contributed by atoms with E-state index in [1.807, 2.05) is 31.2 Å². The summed E-state index contributed by atoms with van der Waals surface area (Å²) in [6.45, 7) is 4.48. The molecule has 2 rings (SSSR count). The predicted octanol–water partition coefficient (Wildman–Crippen LogP) is 1.04. The van der Waals surface area contributed by atoms with Crippen molar-refractivity contribution < 1.29 is 13.2 Å². The molecular formula is C14H20N2O3S. The van der Waals surface area contributed by atoms with Gasteiger partial charge in [-0.3, -0.25) is 4.79 Å². The molecular weight excluding hydrogens is 276 g/mol. The van der Waals surface area contributed by atoms with Crippen molar-refractivity contribution in [2.45, 2.75) is 32.1 Å². The summed E-state index contributed by atoms with van der Waals surface area (Å²) in [5.41, 5.74) is 1.77. The summed E-state index contributed by atoms with van der Waals surface area (Å²) in [7, 11) is -3.38. The molecule has 5 nitrogen and oxygen atoms in total. The quantitative estimate of drug-likeness (QED) is 0.902. The Balaban J connectivity index is 1.99. The van der Waals surface area contributed by atoms with Gasteiger partial charge in [0.2, 0.25) is 15.9 Å². The van der Waals surface area contributed by atoms with Crippen molar-refractivity contribution >= 4 is 15.9 Å². The maximum atomic E-state index is 12.2. The van der Waals surface area contributed by atoms with E-state index in [0.717, 1.165) is 11.1 Å². The van der Waals surface area contributed by atoms with Gasteiger partial charge in [-0.25, -0.2) is 13.1 Å². The summed E-state index contributed by atoms with van der Waals surface area (Å²) in [6, 6.07) is 7.28. The minimum absolute atomic E-state index is 0.00870. The first-order chi connectivity index (χ1) is 9.37. The van der Waals surface area contributed by atoms with Crippen molar-refractivity contribution in [2.75, 3.05) is 13.1 Å². The predicted molar refractivity (Wildman–Crippen MR) is 77.6 cm³/mol. The van der Waals surface area contributed by atoms with Crippen LogP contribution in [0.25, 0.3) is 0 Å². The molecule has 6 heteroatoms. The summed E-state index contributed by atoms with van der Waals surface area (Å²) in [5.74, 6) is -0.0263. The second-order valence-electron chi connectivity index (χ2n) is 5.25. The van der Waals surface area contributed by atoms with E-state index in [4.69, 9.17) is 0 Å². The molecule has 0 saturated carbocycles. The third-order valence-corrected chi connectivity index (χ3v) is 4.97. The van der Waals surface area contributed by atoms with Gasteiger partial charge in [-0.15, -0.1) is 0 Å². The Bertz CT molecular complexity index is 598. The lowest BCUT2D eigenvalue weighted by Gasteiger charge is -2.15. The number of likely N-dealkylation sites (tertiary alicyclic amines) is 1. The van der Waals surface area contributed by atoms with Crippen LogP contribution in [0.3, 0.4) is 0 Å². The summed E-state index contributed by atoms with van der Waals surface area (Å²) in [5, 5.41) is 0. The van der Waals surface area contributed by atoms with Gasteiger partial charge in [0.1, 0.15) is 0 Å². The number of amides is 1. The zero-order chi connectivity index (χ0) is 14.8. The first kappa shape index (κ1) is 15.0. The van der Waals surface area contributed by atoms with Crippen LogP contribution in [0.5, 0.6) is 0 Å². The fraction of sp³-hybridized carbons (Fsp3) is 0.500. The molecule has 110 valence electrons. The van der Waals surface area contributed by atoms with Crippen LogP contribution in [0, 0.1) is 6.92 Å². The number of hydrogen-bond donors (Lipinski definition) is 1. The standard InChI is InChI=1S/C14H20N2O3S/c1-11-5-3-4-6-13(11)10-20(18,19)15-14-7-8-16(9-14)12(2)17/h3-6,14-15H,7-10H2,1-2H3. The van der Waals surface area contributed by atoms with Crippen LogP contribution < -0.4 is 4.72 Å². The van der Waals surface area contributed by atoms with Gasteiger partial charge >= 0.3 is 0 Å². The first-order valence-corrected chi connectivity index (χ1v) is 8.32. The van der Waals surface area contributed by atoms with Crippen molar-refractivity contribution in [1.82, 2.24) is 9.62 Å². The van der Waals surface area contributed by atoms with Gasteiger partial charge in [-0.2, -0.15) is 0 Å². The van der Waals surface area contributed by atoms with Crippen LogP contribution in [-0.2, 0) is 20.6 Å². The number of benzene rings is 1. The molecule has 0 spiro atoms. The first-order valence-electron chi connectivity index (χ1n) is 6.67. The number of aryl methyl sites for hydroxylation is 1. The zero-order valence-electron chi connectivity index (χ0n) is 11.8. The minimum atomic E-state index is -3.38. The molecule has 1 aliphatic heterocycles. The highest BCUT2D eigenvalue weighted by Gasteiger charge is 2.27. The highest BCUT2D eigenvalue weighted by molar-refractivity contribution is 7.88. The molecule has 1 atom stereocenters. The maximum Gasteiger partial charge on any atom is 0.219 e. The van der Waals surface area contributed by atoms with Gasteiger partial charge in [0.15, 0.2) is 0 Å². The molecule has 0 aromatic heterocycles. The van der Waals surface area contributed by atoms with E-state index < -0.39 is 10.0 Å². The topological polar surface area (TPSA) is 66.5 Å². The molecule has 1 heterocycles. The van der Waals surface area contributed by atoms with Gasteiger partial charge < -0.3 is 4.90 Å². The highest BCUT2D eigenvalue weighted by Crippen LogP contribution is 2.14. The number of rotatable bonds is 4. The molecule has 0 radical (unpaired) electrons. The van der Waals surface area contributed by atoms with Crippen LogP contribution in [0.1, 0.15) is 24.5 Å². The van der Waals surface area contributed by atoms with Gasteiger partial charge in [0.25, 0.3) is 0 Å². The Morgan fingerprint density at radius 3 is 2.70 bits per heavy atom. The van der Waals surface area contributed by atoms with Crippen LogP contribution in [0.2, 0.25) is 0 Å². The second-order valence-corrected chi connectivity index (χ2v) is 7.01. The Kier molecular flexibility index (Phi) is 4.45. The van der Waals surface area contributed by atoms with Crippen molar-refractivity contribution in [3.8, 4) is 0 Å². The highest BCUT2D eigenvalue weighted by atomic mass is 32.2. The summed E-state index contributed by atoms with van der Waals surface area (Å²) in [6.07, 6.45) is 0.673. The number of nitrogens with one attached hydrogen (secondary N) is 1. The third kappa shape index (κ3) is 3.80. The van der Waals surface area contributed by atoms with E-state index in [1.165, 1.54) is 6.92 Å². The lowest BCUT2D eigenvalue weighted by atomic mass is 10.1. The minimum Gasteiger partial charge on any atom is -0.341 e. The molecule has 1 fully saturated rings. The summed E-state index contributed by atoms with van der Waals surface area (Å²) >= 11 is 0. The molecule has 1 aromatic rings. The molecule has 0 aliphatic carbocycles. The maximum absolute atomic E-state index is 12.2. The van der Waals surface area contributed by atoms with Crippen LogP contribution in [0.15, 0.2) is 24.3 Å². The van der Waals surface area contributed by atoms with Crippen molar-refractivity contribution in [3.63, 3.8) is 0 Å². The number of carbonyl (C=O) groups excluding carboxylic acids is 1. The van der Waals surface area contributed by atoms with E-state index in [-0.39, 0.29) is 17.7 Å². The third-order valence-electron chi connectivity index (χ3n) is 3.59. The monoisotopic (exact) mass is 296 g/mol. The molecule has 20 heavy (non-hydrogen) atoms. The SMILES string of the molecule is CC(=O)N1CCC(NS(=O)(=O)Cc2ccccc2C)C1. The van der Waals surface area contributed by atoms with E-state index in [1.54, 1.807) is 4.90 Å². The van der Waals surface area contributed by atoms with Gasteiger partial charge in [-0.05, 0) is 24.5 Å². The fourth-order valence-electron chi connectivity index (χ4n) is 2.41. The Morgan fingerprint density at radius 1 is 1.40 bits per heavy atom. The Labute approximate surface area is 120 Å². The van der Waals surface area contributed by atoms with Crippen molar-refractivity contribution in [2.24, 2.45) is 0 Å². The van der Waals surface area contributed by atoms with E-state index >= 15 is 0 Å². The number of carbonyl (C=O) groups is 1. The Hall–Kier alpha value is -1.40. The lowest BCUT2D eigenvalue weighted by molar-refractivity contribution is -0.127. The number of nitrogens with zero attached hydrogens (tertiary/aromatic N) is 1. The molecule has 1 aliphatic rings. The molecule has 0 bridgehead atoms. The largest absolute Gasteiger partial charge is 0.341 e. The molecule has 1 saturated heterocycles. The number of hydrogen-bond acceptors (Lipinski definition) is 3. The zero-order valence-corrected chi connectivity index (χ0v) is 12.6. The molecule has 1 unspecified atom stereocenters. The summed E-state index contributed by atoms with van der Waals surface area (Å²) < 4.78 is 27.0. The Morgan fingerprint density at radius 2 is 2.10 bits per heavy atom.